The number of non-ortho nitro benzene ring substituents is 1. The number of thiazole rings is 1. The number of nitro groups is 2. The fourth-order valence-electron chi connectivity index (χ4n) is 4.84. The third kappa shape index (κ3) is 6.21. The lowest BCUT2D eigenvalue weighted by molar-refractivity contribution is -0.385. The molecule has 5 rings (SSSR count). The molecule has 0 bridgehead atoms. The zero-order chi connectivity index (χ0) is 32.2. The molecule has 230 valence electrons. The van der Waals surface area contributed by atoms with E-state index in [1.54, 1.807) is 19.9 Å². The van der Waals surface area contributed by atoms with Crippen LogP contribution in [-0.4, -0.2) is 34.1 Å². The predicted molar refractivity (Wildman–Crippen MR) is 165 cm³/mol. The Morgan fingerprint density at radius 1 is 1.04 bits per heavy atom. The van der Waals surface area contributed by atoms with Crippen LogP contribution in [0.5, 0.6) is 11.5 Å². The second kappa shape index (κ2) is 12.9. The maximum atomic E-state index is 13.5. The first-order valence-corrected chi connectivity index (χ1v) is 14.4. The summed E-state index contributed by atoms with van der Waals surface area (Å²) in [7, 11) is 1.39. The fraction of sp³-hybridized carbons (Fsp3) is 0.194. The van der Waals surface area contributed by atoms with Gasteiger partial charge in [-0.05, 0) is 49.2 Å². The van der Waals surface area contributed by atoms with Gasteiger partial charge in [0.1, 0.15) is 12.6 Å². The number of rotatable bonds is 10. The molecule has 4 aromatic rings. The van der Waals surface area contributed by atoms with E-state index in [4.69, 9.17) is 14.2 Å². The molecular formula is C31H26N4O9S. The van der Waals surface area contributed by atoms with E-state index in [-0.39, 0.29) is 62.3 Å². The summed E-state index contributed by atoms with van der Waals surface area (Å²) in [5.74, 6) is -0.478. The van der Waals surface area contributed by atoms with Crippen molar-refractivity contribution in [3.8, 4) is 11.5 Å². The molecule has 0 spiro atoms. The monoisotopic (exact) mass is 630 g/mol. The van der Waals surface area contributed by atoms with Crippen LogP contribution in [0.2, 0.25) is 0 Å². The normalized spacial score (nSPS) is 14.4. The van der Waals surface area contributed by atoms with Crippen LogP contribution in [0.1, 0.15) is 36.6 Å². The molecule has 1 atom stereocenters. The molecule has 14 heteroatoms. The molecule has 1 aromatic heterocycles. The fourth-order valence-corrected chi connectivity index (χ4v) is 5.88. The van der Waals surface area contributed by atoms with Crippen molar-refractivity contribution in [2.45, 2.75) is 26.5 Å². The molecule has 0 saturated carbocycles. The molecule has 0 radical (unpaired) electrons. The van der Waals surface area contributed by atoms with E-state index in [1.165, 1.54) is 48.1 Å². The number of esters is 1. The summed E-state index contributed by atoms with van der Waals surface area (Å²) < 4.78 is 18.2. The Kier molecular flexibility index (Phi) is 8.86. The quantitative estimate of drug-likeness (QED) is 0.141. The highest BCUT2D eigenvalue weighted by molar-refractivity contribution is 7.07. The van der Waals surface area contributed by atoms with Crippen molar-refractivity contribution >= 4 is 40.5 Å². The molecule has 0 N–H and O–H groups in total. The Morgan fingerprint density at radius 3 is 2.38 bits per heavy atom. The number of allylic oxidation sites excluding steroid dienone is 1. The predicted octanol–water partition coefficient (Wildman–Crippen LogP) is 4.31. The Morgan fingerprint density at radius 2 is 1.76 bits per heavy atom. The largest absolute Gasteiger partial charge is 0.493 e. The Labute approximate surface area is 259 Å². The zero-order valence-electron chi connectivity index (χ0n) is 24.3. The molecule has 1 aliphatic rings. The molecule has 3 aromatic carbocycles. The van der Waals surface area contributed by atoms with Gasteiger partial charge in [-0.15, -0.1) is 0 Å². The zero-order valence-corrected chi connectivity index (χ0v) is 25.1. The first-order chi connectivity index (χ1) is 21.6. The number of carbonyl (C=O) groups excluding carboxylic acids is 1. The van der Waals surface area contributed by atoms with E-state index < -0.39 is 27.4 Å². The summed E-state index contributed by atoms with van der Waals surface area (Å²) >= 11 is 1.01. The molecule has 0 unspecified atom stereocenters. The van der Waals surface area contributed by atoms with Gasteiger partial charge in [0.2, 0.25) is 0 Å². The first-order valence-electron chi connectivity index (χ1n) is 13.6. The molecule has 2 heterocycles. The van der Waals surface area contributed by atoms with E-state index in [0.29, 0.717) is 5.56 Å². The van der Waals surface area contributed by atoms with Crippen molar-refractivity contribution in [1.82, 2.24) is 4.57 Å². The average molecular weight is 631 g/mol. The molecule has 0 fully saturated rings. The summed E-state index contributed by atoms with van der Waals surface area (Å²) in [5, 5.41) is 23.4. The van der Waals surface area contributed by atoms with Crippen molar-refractivity contribution in [3.63, 3.8) is 0 Å². The van der Waals surface area contributed by atoms with E-state index in [0.717, 1.165) is 16.9 Å². The lowest BCUT2D eigenvalue weighted by atomic mass is 9.94. The average Bonchev–Trinajstić information content (AvgIpc) is 3.34. The minimum absolute atomic E-state index is 0.0184. The smallest absolute Gasteiger partial charge is 0.338 e. The minimum atomic E-state index is -1.22. The summed E-state index contributed by atoms with van der Waals surface area (Å²) in [6, 6.07) is 16.3. The van der Waals surface area contributed by atoms with Gasteiger partial charge in [0.05, 0.1) is 45.3 Å². The Bertz CT molecular complexity index is 2020. The van der Waals surface area contributed by atoms with Gasteiger partial charge in [0.25, 0.3) is 16.9 Å². The van der Waals surface area contributed by atoms with Crippen LogP contribution in [0.3, 0.4) is 0 Å². The molecule has 1 aliphatic heterocycles. The van der Waals surface area contributed by atoms with Gasteiger partial charge in [0.15, 0.2) is 16.3 Å². The van der Waals surface area contributed by atoms with Gasteiger partial charge in [-0.25, -0.2) is 9.79 Å². The maximum Gasteiger partial charge on any atom is 0.338 e. The molecule has 0 amide bonds. The molecular weight excluding hydrogens is 604 g/mol. The standard InChI is InChI=1S/C31H26N4O9S/c1-4-43-30(37)27-18(2)33-29(36)26(14-19-10-12-21(13-11-19)34(38)39)45-31(33)32-28(27)22-15-24(42-3)25(16-23(22)35(40)41)44-17-20-8-6-5-7-9-20/h5-16,28H,4,17H2,1-3H3/b26-14-/t28-/m0/s1. The first kappa shape index (κ1) is 30.8. The minimum Gasteiger partial charge on any atom is -0.493 e. The second-order valence-electron chi connectivity index (χ2n) is 9.73. The van der Waals surface area contributed by atoms with Crippen LogP contribution in [0, 0.1) is 20.2 Å². The molecule has 45 heavy (non-hydrogen) atoms. The van der Waals surface area contributed by atoms with Crippen molar-refractivity contribution in [2.24, 2.45) is 4.99 Å². The van der Waals surface area contributed by atoms with E-state index in [2.05, 4.69) is 4.99 Å². The third-order valence-corrected chi connectivity index (χ3v) is 7.97. The van der Waals surface area contributed by atoms with Crippen LogP contribution in [0.25, 0.3) is 11.8 Å². The highest BCUT2D eigenvalue weighted by Crippen LogP contribution is 2.43. The lowest BCUT2D eigenvalue weighted by Gasteiger charge is -2.23. The maximum absolute atomic E-state index is 13.5. The highest BCUT2D eigenvalue weighted by atomic mass is 32.1. The van der Waals surface area contributed by atoms with Crippen LogP contribution >= 0.6 is 11.3 Å². The number of carbonyl (C=O) groups is 1. The number of hydrogen-bond acceptors (Lipinski definition) is 11. The van der Waals surface area contributed by atoms with Crippen molar-refractivity contribution in [2.75, 3.05) is 13.7 Å². The van der Waals surface area contributed by atoms with Gasteiger partial charge < -0.3 is 14.2 Å². The number of nitrogens with zero attached hydrogens (tertiary/aromatic N) is 4. The summed E-state index contributed by atoms with van der Waals surface area (Å²) in [5.41, 5.74) is 0.623. The van der Waals surface area contributed by atoms with E-state index in [1.807, 2.05) is 30.3 Å². The summed E-state index contributed by atoms with van der Waals surface area (Å²) in [6.07, 6.45) is 1.55. The van der Waals surface area contributed by atoms with E-state index in [9.17, 15) is 29.8 Å². The van der Waals surface area contributed by atoms with E-state index >= 15 is 0 Å². The number of nitro benzene ring substituents is 2. The second-order valence-corrected chi connectivity index (χ2v) is 10.7. The van der Waals surface area contributed by atoms with Crippen LogP contribution in [0.15, 0.2) is 82.1 Å². The van der Waals surface area contributed by atoms with Gasteiger partial charge >= 0.3 is 5.97 Å². The molecule has 0 aliphatic carbocycles. The van der Waals surface area contributed by atoms with Crippen molar-refractivity contribution < 1.29 is 28.9 Å². The summed E-state index contributed by atoms with van der Waals surface area (Å²) in [6.45, 7) is 3.31. The van der Waals surface area contributed by atoms with Crippen LogP contribution in [-0.2, 0) is 16.1 Å². The number of aromatic nitrogens is 1. The number of ether oxygens (including phenoxy) is 3. The van der Waals surface area contributed by atoms with Gasteiger partial charge in [-0.3, -0.25) is 29.6 Å². The Balaban J connectivity index is 1.67. The number of hydrogen-bond donors (Lipinski definition) is 0. The van der Waals surface area contributed by atoms with Crippen molar-refractivity contribution in [3.05, 3.63) is 129 Å². The van der Waals surface area contributed by atoms with Crippen molar-refractivity contribution in [1.29, 1.82) is 0 Å². The number of fused-ring (bicyclic) bond motifs is 1. The lowest BCUT2D eigenvalue weighted by Crippen LogP contribution is -2.35. The van der Waals surface area contributed by atoms with Gasteiger partial charge in [-0.2, -0.15) is 0 Å². The topological polar surface area (TPSA) is 165 Å². The van der Waals surface area contributed by atoms with Gasteiger partial charge in [-0.1, -0.05) is 41.7 Å². The van der Waals surface area contributed by atoms with Crippen LogP contribution in [0.4, 0.5) is 11.4 Å². The highest BCUT2D eigenvalue weighted by Gasteiger charge is 2.36. The number of benzene rings is 3. The number of methoxy groups -OCH3 is 1. The third-order valence-electron chi connectivity index (χ3n) is 6.98. The Hall–Kier alpha value is -5.63. The SMILES string of the molecule is CCOC(=O)C1=C(C)n2c(s/c(=C\c3ccc([N+](=O)[O-])cc3)c2=O)=N[C@H]1c1cc(OC)c(OCc2ccccc2)cc1[N+](=O)[O-]. The molecule has 13 nitrogen and oxygen atoms in total. The van der Waals surface area contributed by atoms with Gasteiger partial charge in [0, 0.05) is 17.8 Å². The summed E-state index contributed by atoms with van der Waals surface area (Å²) in [4.78, 5) is 54.0. The molecule has 0 saturated heterocycles. The van der Waals surface area contributed by atoms with Crippen LogP contribution < -0.4 is 24.4 Å².